The number of hydrogen-bond acceptors (Lipinski definition) is 17. The van der Waals surface area contributed by atoms with Crippen LogP contribution < -0.4 is 0 Å². The lowest BCUT2D eigenvalue weighted by atomic mass is 9.93. The molecule has 0 aromatic rings. The van der Waals surface area contributed by atoms with E-state index in [2.05, 4.69) is 33.7 Å². The summed E-state index contributed by atoms with van der Waals surface area (Å²) in [5.74, 6) is 0. The first-order valence-electron chi connectivity index (χ1n) is 11.3. The molecule has 0 saturated carbocycles. The van der Waals surface area contributed by atoms with Gasteiger partial charge in [0, 0.05) is 11.2 Å². The van der Waals surface area contributed by atoms with Gasteiger partial charge in [-0.25, -0.2) is 18.3 Å². The van der Waals surface area contributed by atoms with Gasteiger partial charge in [-0.1, -0.05) is 0 Å². The van der Waals surface area contributed by atoms with Crippen LogP contribution in [0.5, 0.6) is 0 Å². The molecule has 0 unspecified atom stereocenters. The van der Waals surface area contributed by atoms with Crippen LogP contribution in [0.3, 0.4) is 0 Å². The average molecular weight is 774 g/mol. The van der Waals surface area contributed by atoms with Gasteiger partial charge in [-0.15, -0.1) is 0 Å². The van der Waals surface area contributed by atoms with Crippen LogP contribution in [0.15, 0.2) is 0 Å². The molecule has 0 radical (unpaired) electrons. The maximum absolute atomic E-state index is 12.3. The molecule has 6 bridgehead atoms. The monoisotopic (exact) mass is 772 g/mol. The number of aliphatic hydroxyl groups excluding tert-OH is 1. The van der Waals surface area contributed by atoms with Gasteiger partial charge in [-0.2, -0.15) is 0 Å². The summed E-state index contributed by atoms with van der Waals surface area (Å²) >= 11 is 19.7. The van der Waals surface area contributed by atoms with Crippen LogP contribution >= 0.6 is 80.6 Å². The van der Waals surface area contributed by atoms with Gasteiger partial charge in [0.1, 0.15) is 0 Å². The smallest absolute Gasteiger partial charge is 0.396 e. The summed E-state index contributed by atoms with van der Waals surface area (Å²) < 4.78 is 111. The minimum absolute atomic E-state index is 0.0625. The van der Waals surface area contributed by atoms with Crippen LogP contribution in [0.2, 0.25) is 0 Å². The van der Waals surface area contributed by atoms with Crippen molar-refractivity contribution in [1.29, 1.82) is 0 Å². The van der Waals surface area contributed by atoms with Gasteiger partial charge in [0.2, 0.25) is 0 Å². The van der Waals surface area contributed by atoms with E-state index in [0.29, 0.717) is 0 Å². The molecular weight excluding hydrogens is 749 g/mol. The second-order valence-corrected chi connectivity index (χ2v) is 24.1. The van der Waals surface area contributed by atoms with Crippen LogP contribution in [-0.4, -0.2) is 84.4 Å². The van der Waals surface area contributed by atoms with E-state index in [-0.39, 0.29) is 79.3 Å². The van der Waals surface area contributed by atoms with Gasteiger partial charge in [0.05, 0.1) is 95.5 Å². The van der Waals surface area contributed by atoms with E-state index in [1.807, 2.05) is 0 Å². The maximum atomic E-state index is 12.3. The molecule has 9 saturated heterocycles. The lowest BCUT2D eigenvalue weighted by Gasteiger charge is -2.44. The van der Waals surface area contributed by atoms with Crippen molar-refractivity contribution in [3.05, 3.63) is 0 Å². The van der Waals surface area contributed by atoms with E-state index in [1.54, 1.807) is 0 Å². The Hall–Kier alpha value is 1.83. The minimum atomic E-state index is -3.94. The van der Waals surface area contributed by atoms with E-state index >= 15 is 0 Å². The Morgan fingerprint density at radius 1 is 0.561 bits per heavy atom. The summed E-state index contributed by atoms with van der Waals surface area (Å²) in [6.45, 7) is -2.98. The van der Waals surface area contributed by atoms with Crippen LogP contribution in [0, 0.1) is 16.2 Å². The maximum Gasteiger partial charge on any atom is 0.474 e. The quantitative estimate of drug-likeness (QED) is 0.309. The van der Waals surface area contributed by atoms with Gasteiger partial charge < -0.3 is 5.11 Å². The van der Waals surface area contributed by atoms with Gasteiger partial charge in [0.15, 0.2) is 0 Å². The van der Waals surface area contributed by atoms with Crippen LogP contribution in [0.25, 0.3) is 0 Å². The largest absolute Gasteiger partial charge is 0.474 e. The molecule has 41 heavy (non-hydrogen) atoms. The summed E-state index contributed by atoms with van der Waals surface area (Å²) in [5, 5.41) is 5.70. The lowest BCUT2D eigenvalue weighted by Crippen LogP contribution is -2.48. The van der Waals surface area contributed by atoms with Gasteiger partial charge in [-0.3, -0.25) is 54.3 Å². The number of fused-ring (bicyclic) bond motifs is 9. The lowest BCUT2D eigenvalue weighted by molar-refractivity contribution is -0.118. The van der Waals surface area contributed by atoms with Crippen molar-refractivity contribution in [3.8, 4) is 0 Å². The zero-order valence-corrected chi connectivity index (χ0v) is 28.2. The van der Waals surface area contributed by atoms with Gasteiger partial charge in [-0.05, 0) is 33.7 Å². The molecule has 0 aromatic carbocycles. The summed E-state index contributed by atoms with van der Waals surface area (Å²) in [6.07, 6.45) is 0. The Morgan fingerprint density at radius 3 is 1.00 bits per heavy atom. The zero-order valence-electron chi connectivity index (χ0n) is 20.7. The number of aliphatic hydroxyl groups is 1. The molecule has 9 aliphatic rings. The first kappa shape index (κ1) is 35.7. The molecule has 0 amide bonds. The fourth-order valence-electron chi connectivity index (χ4n) is 3.51. The topological polar surface area (TPSA) is 207 Å². The van der Waals surface area contributed by atoms with Crippen molar-refractivity contribution in [2.45, 2.75) is 0 Å². The Labute approximate surface area is 253 Å². The summed E-state index contributed by atoms with van der Waals surface area (Å²) in [4.78, 5) is 0. The molecule has 17 nitrogen and oxygen atoms in total. The van der Waals surface area contributed by atoms with Crippen molar-refractivity contribution in [2.75, 3.05) is 79.3 Å². The average Bonchev–Trinajstić information content (AvgIpc) is 2.93. The summed E-state index contributed by atoms with van der Waals surface area (Å²) in [5.41, 5.74) is -1.99. The van der Waals surface area contributed by atoms with Gasteiger partial charge >= 0.3 is 35.6 Å². The molecule has 240 valence electrons. The van der Waals surface area contributed by atoms with Gasteiger partial charge in [0.25, 0.3) is 0 Å². The first-order chi connectivity index (χ1) is 18.8. The highest BCUT2D eigenvalue weighted by molar-refractivity contribution is 8.24. The Morgan fingerprint density at radius 2 is 0.780 bits per heavy atom. The Kier molecular flexibility index (Phi) is 11.4. The summed E-state index contributed by atoms with van der Waals surface area (Å²) in [7, 11) is -10.1. The number of rotatable bonds is 7. The Bertz CT molecular complexity index is 1060. The van der Waals surface area contributed by atoms with E-state index in [0.717, 1.165) is 0 Å². The number of halogens is 4. The fourth-order valence-corrected chi connectivity index (χ4v) is 9.29. The minimum Gasteiger partial charge on any atom is -0.396 e. The first-order valence-corrected chi connectivity index (χ1v) is 22.6. The predicted molar refractivity (Wildman–Crippen MR) is 141 cm³/mol. The SMILES string of the molecule is O=P(Cl)(Cl)Cl.O=P(Cl)(OCC12COP(=O)(OC1)OC2)OCC12COP(=O)(OC1)OC2.O=P12OCC(CO)(CO1)CO2. The molecule has 26 heteroatoms. The molecule has 9 aliphatic heterocycles. The molecule has 0 atom stereocenters. The molecule has 9 rings (SSSR count). The van der Waals surface area contributed by atoms with Crippen LogP contribution in [0.1, 0.15) is 0 Å². The highest BCUT2D eigenvalue weighted by Gasteiger charge is 2.54. The van der Waals surface area contributed by atoms with Crippen molar-refractivity contribution < 1.29 is 77.7 Å². The molecule has 0 aromatic heterocycles. The second-order valence-electron chi connectivity index (χ2n) is 9.84. The molecule has 9 fully saturated rings. The molecule has 9 heterocycles. The van der Waals surface area contributed by atoms with Crippen molar-refractivity contribution in [2.24, 2.45) is 16.2 Å². The van der Waals surface area contributed by atoms with E-state index in [1.165, 1.54) is 0 Å². The molecule has 0 aliphatic carbocycles. The molecular formula is C15H25Cl4O17P5. The van der Waals surface area contributed by atoms with Crippen LogP contribution in [-0.2, 0) is 72.6 Å². The van der Waals surface area contributed by atoms with Crippen molar-refractivity contribution in [3.63, 3.8) is 0 Å². The third-order valence-corrected chi connectivity index (χ3v) is 11.6. The third-order valence-electron chi connectivity index (χ3n) is 6.14. The van der Waals surface area contributed by atoms with Crippen molar-refractivity contribution in [1.82, 2.24) is 0 Å². The fraction of sp³-hybridized carbons (Fsp3) is 1.00. The highest BCUT2D eigenvalue weighted by atomic mass is 36.0. The predicted octanol–water partition coefficient (Wildman–Crippen LogP) is 5.67. The molecule has 1 N–H and O–H groups in total. The van der Waals surface area contributed by atoms with E-state index < -0.39 is 51.9 Å². The molecule has 0 spiro atoms. The standard InChI is InChI=1S/C10H16ClO11P3.C5H9O5P.Cl3OP/c11-23(12,15-1-9-3-17-24(13,18-4-9)19-5-9)16-2-10-6-20-25(14,21-7-10)22-8-10;6-1-5-2-8-11(7,9-3-5)10-4-5;1-5(2,3)4/h1-8H2;6H,1-4H2;. The second kappa shape index (κ2) is 13.1. The number of phosphoric ester groups is 3. The Balaban J connectivity index is 0.000000199. The number of phosphoric acid groups is 3. The van der Waals surface area contributed by atoms with Crippen LogP contribution in [0.4, 0.5) is 0 Å². The normalized spacial score (nSPS) is 44.2. The van der Waals surface area contributed by atoms with E-state index in [9.17, 15) is 22.8 Å². The summed E-state index contributed by atoms with van der Waals surface area (Å²) in [6, 6.07) is 0. The highest BCUT2D eigenvalue weighted by Crippen LogP contribution is 2.64. The van der Waals surface area contributed by atoms with E-state index in [4.69, 9.17) is 66.1 Å². The van der Waals surface area contributed by atoms with Crippen molar-refractivity contribution >= 4 is 80.6 Å². The number of hydrogen-bond donors (Lipinski definition) is 1. The zero-order chi connectivity index (χ0) is 30.3. The third kappa shape index (κ3) is 9.91.